The molecule has 1 spiro atoms. The molecule has 4 atom stereocenters. The molecule has 100 valence electrons. The Balaban J connectivity index is 1.33. The molecule has 0 aromatic carbocycles. The molecule has 4 aliphatic rings. The van der Waals surface area contributed by atoms with Crippen LogP contribution >= 0.6 is 0 Å². The standard InChI is InChI=1S/C16H24O2/c1-2-6-12(5-1)8-9-14-15(18-14)13-7-3-4-10-16(13)11-17-16/h8,13-15H,1-7,9-11H2. The van der Waals surface area contributed by atoms with E-state index in [1.807, 2.05) is 0 Å². The van der Waals surface area contributed by atoms with Crippen molar-refractivity contribution in [3.63, 3.8) is 0 Å². The van der Waals surface area contributed by atoms with Crippen LogP contribution in [0.1, 0.15) is 57.8 Å². The SMILES string of the molecule is C(CC1OC1C1CCCCC12CO2)=C1CCCC1. The Morgan fingerprint density at radius 3 is 2.78 bits per heavy atom. The van der Waals surface area contributed by atoms with E-state index in [0.29, 0.717) is 18.1 Å². The summed E-state index contributed by atoms with van der Waals surface area (Å²) in [5.41, 5.74) is 1.95. The maximum absolute atomic E-state index is 5.97. The second kappa shape index (κ2) is 4.35. The van der Waals surface area contributed by atoms with E-state index >= 15 is 0 Å². The van der Waals surface area contributed by atoms with Crippen molar-refractivity contribution in [1.29, 1.82) is 0 Å². The minimum absolute atomic E-state index is 0.262. The molecule has 2 aliphatic carbocycles. The molecule has 2 saturated heterocycles. The zero-order chi connectivity index (χ0) is 12.0. The van der Waals surface area contributed by atoms with Gasteiger partial charge in [0.2, 0.25) is 0 Å². The van der Waals surface area contributed by atoms with E-state index < -0.39 is 0 Å². The Morgan fingerprint density at radius 1 is 1.17 bits per heavy atom. The zero-order valence-electron chi connectivity index (χ0n) is 11.2. The Labute approximate surface area is 110 Å². The van der Waals surface area contributed by atoms with Gasteiger partial charge < -0.3 is 9.47 Å². The molecule has 2 nitrogen and oxygen atoms in total. The number of hydrogen-bond acceptors (Lipinski definition) is 2. The van der Waals surface area contributed by atoms with Crippen molar-refractivity contribution in [3.05, 3.63) is 11.6 Å². The molecule has 0 amide bonds. The van der Waals surface area contributed by atoms with Crippen molar-refractivity contribution >= 4 is 0 Å². The molecule has 0 N–H and O–H groups in total. The first-order valence-electron chi connectivity index (χ1n) is 7.85. The van der Waals surface area contributed by atoms with Crippen molar-refractivity contribution in [1.82, 2.24) is 0 Å². The van der Waals surface area contributed by atoms with Crippen LogP contribution in [-0.2, 0) is 9.47 Å². The highest BCUT2D eigenvalue weighted by molar-refractivity contribution is 5.12. The number of hydrogen-bond donors (Lipinski definition) is 0. The largest absolute Gasteiger partial charge is 0.369 e. The summed E-state index contributed by atoms with van der Waals surface area (Å²) in [6.07, 6.45) is 15.5. The van der Waals surface area contributed by atoms with Gasteiger partial charge in [0.1, 0.15) is 0 Å². The van der Waals surface area contributed by atoms with Crippen molar-refractivity contribution in [2.75, 3.05) is 6.61 Å². The second-order valence-electron chi connectivity index (χ2n) is 6.65. The Hall–Kier alpha value is -0.340. The van der Waals surface area contributed by atoms with Crippen LogP contribution in [0.4, 0.5) is 0 Å². The van der Waals surface area contributed by atoms with E-state index in [1.165, 1.54) is 51.4 Å². The van der Waals surface area contributed by atoms with Crippen molar-refractivity contribution < 1.29 is 9.47 Å². The number of epoxide rings is 2. The molecule has 0 aromatic rings. The molecule has 0 radical (unpaired) electrons. The molecule has 4 rings (SSSR count). The third-order valence-electron chi connectivity index (χ3n) is 5.46. The molecule has 0 bridgehead atoms. The second-order valence-corrected chi connectivity index (χ2v) is 6.65. The van der Waals surface area contributed by atoms with E-state index in [0.717, 1.165) is 13.0 Å². The smallest absolute Gasteiger partial charge is 0.0970 e. The fourth-order valence-electron chi connectivity index (χ4n) is 4.17. The molecule has 2 saturated carbocycles. The summed E-state index contributed by atoms with van der Waals surface area (Å²) in [6, 6.07) is 0. The first kappa shape index (κ1) is 11.5. The van der Waals surface area contributed by atoms with Gasteiger partial charge in [-0.2, -0.15) is 0 Å². The monoisotopic (exact) mass is 248 g/mol. The number of allylic oxidation sites excluding steroid dienone is 1. The topological polar surface area (TPSA) is 25.1 Å². The van der Waals surface area contributed by atoms with E-state index in [-0.39, 0.29) is 5.60 Å². The molecule has 0 aromatic heterocycles. The highest BCUT2D eigenvalue weighted by Crippen LogP contribution is 2.52. The number of rotatable bonds is 3. The van der Waals surface area contributed by atoms with Gasteiger partial charge in [-0.3, -0.25) is 0 Å². The Kier molecular flexibility index (Phi) is 2.77. The molecule has 2 heterocycles. The van der Waals surface area contributed by atoms with Gasteiger partial charge in [0.15, 0.2) is 0 Å². The van der Waals surface area contributed by atoms with E-state index in [9.17, 15) is 0 Å². The highest BCUT2D eigenvalue weighted by Gasteiger charge is 2.60. The lowest BCUT2D eigenvalue weighted by Gasteiger charge is -2.27. The average molecular weight is 248 g/mol. The molecule has 2 aliphatic heterocycles. The van der Waals surface area contributed by atoms with Crippen LogP contribution in [0.2, 0.25) is 0 Å². The van der Waals surface area contributed by atoms with Gasteiger partial charge in [0.25, 0.3) is 0 Å². The van der Waals surface area contributed by atoms with Gasteiger partial charge in [-0.05, 0) is 44.9 Å². The summed E-state index contributed by atoms with van der Waals surface area (Å²) >= 11 is 0. The van der Waals surface area contributed by atoms with Crippen molar-refractivity contribution in [2.24, 2.45) is 5.92 Å². The van der Waals surface area contributed by atoms with Crippen LogP contribution < -0.4 is 0 Å². The fourth-order valence-corrected chi connectivity index (χ4v) is 4.17. The third-order valence-corrected chi connectivity index (χ3v) is 5.46. The van der Waals surface area contributed by atoms with Crippen LogP contribution in [0.5, 0.6) is 0 Å². The van der Waals surface area contributed by atoms with Gasteiger partial charge >= 0.3 is 0 Å². The van der Waals surface area contributed by atoms with Crippen molar-refractivity contribution in [2.45, 2.75) is 75.6 Å². The number of ether oxygens (including phenoxy) is 2. The fraction of sp³-hybridized carbons (Fsp3) is 0.875. The lowest BCUT2D eigenvalue weighted by Crippen LogP contribution is -2.33. The van der Waals surface area contributed by atoms with E-state index in [4.69, 9.17) is 9.47 Å². The maximum Gasteiger partial charge on any atom is 0.0970 e. The molecule has 4 unspecified atom stereocenters. The molecule has 2 heteroatoms. The van der Waals surface area contributed by atoms with E-state index in [2.05, 4.69) is 6.08 Å². The summed E-state index contributed by atoms with van der Waals surface area (Å²) < 4.78 is 11.7. The minimum Gasteiger partial charge on any atom is -0.369 e. The molecule has 4 fully saturated rings. The maximum atomic E-state index is 5.97. The van der Waals surface area contributed by atoms with E-state index in [1.54, 1.807) is 5.57 Å². The summed E-state index contributed by atoms with van der Waals surface area (Å²) in [5.74, 6) is 0.707. The average Bonchev–Trinajstić information content (AvgIpc) is 3.29. The van der Waals surface area contributed by atoms with Gasteiger partial charge in [-0.1, -0.05) is 24.5 Å². The normalized spacial score (nSPS) is 46.4. The first-order chi connectivity index (χ1) is 8.87. The van der Waals surface area contributed by atoms with Crippen LogP contribution in [-0.4, -0.2) is 24.4 Å². The van der Waals surface area contributed by atoms with Gasteiger partial charge in [0.05, 0.1) is 24.4 Å². The predicted molar refractivity (Wildman–Crippen MR) is 70.5 cm³/mol. The Bertz CT molecular complexity index is 348. The van der Waals surface area contributed by atoms with Crippen LogP contribution in [0, 0.1) is 5.92 Å². The minimum atomic E-state index is 0.262. The summed E-state index contributed by atoms with van der Waals surface area (Å²) in [4.78, 5) is 0. The van der Waals surface area contributed by atoms with Gasteiger partial charge in [-0.25, -0.2) is 0 Å². The summed E-state index contributed by atoms with van der Waals surface area (Å²) in [5, 5.41) is 0. The van der Waals surface area contributed by atoms with Gasteiger partial charge in [0, 0.05) is 5.92 Å². The molecule has 18 heavy (non-hydrogen) atoms. The van der Waals surface area contributed by atoms with Crippen LogP contribution in [0.3, 0.4) is 0 Å². The van der Waals surface area contributed by atoms with Crippen molar-refractivity contribution in [3.8, 4) is 0 Å². The lowest BCUT2D eigenvalue weighted by molar-refractivity contribution is 0.130. The lowest BCUT2D eigenvalue weighted by atomic mass is 9.76. The third kappa shape index (κ3) is 2.04. The highest BCUT2D eigenvalue weighted by atomic mass is 16.6. The van der Waals surface area contributed by atoms with Crippen LogP contribution in [0.25, 0.3) is 0 Å². The predicted octanol–water partition coefficient (Wildman–Crippen LogP) is 3.60. The quantitative estimate of drug-likeness (QED) is 0.563. The zero-order valence-corrected chi connectivity index (χ0v) is 11.2. The summed E-state index contributed by atoms with van der Waals surface area (Å²) in [7, 11) is 0. The molecular weight excluding hydrogens is 224 g/mol. The first-order valence-corrected chi connectivity index (χ1v) is 7.85. The molecular formula is C16H24O2. The van der Waals surface area contributed by atoms with Gasteiger partial charge in [-0.15, -0.1) is 0 Å². The Morgan fingerprint density at radius 2 is 2.00 bits per heavy atom. The van der Waals surface area contributed by atoms with Crippen LogP contribution in [0.15, 0.2) is 11.6 Å². The summed E-state index contributed by atoms with van der Waals surface area (Å²) in [6.45, 7) is 1.01.